The molecule has 1 fully saturated rings. The van der Waals surface area contributed by atoms with Crippen molar-refractivity contribution in [3.63, 3.8) is 0 Å². The number of aromatic nitrogens is 4. The van der Waals surface area contributed by atoms with Gasteiger partial charge >= 0.3 is 0 Å². The summed E-state index contributed by atoms with van der Waals surface area (Å²) in [6, 6.07) is 8.93. The van der Waals surface area contributed by atoms with Crippen molar-refractivity contribution in [3.8, 4) is 22.9 Å². The van der Waals surface area contributed by atoms with Crippen molar-refractivity contribution in [1.82, 2.24) is 35.7 Å². The molecule has 12 heteroatoms. The number of amides is 2. The Balaban J connectivity index is 1.20. The normalized spacial score (nSPS) is 20.0. The third kappa shape index (κ3) is 4.65. The Labute approximate surface area is 225 Å². The number of rotatable bonds is 8. The molecule has 2 atom stereocenters. The number of tetrazole rings is 1. The van der Waals surface area contributed by atoms with Gasteiger partial charge in [-0.15, -0.1) is 5.10 Å². The van der Waals surface area contributed by atoms with E-state index in [4.69, 9.17) is 14.2 Å². The van der Waals surface area contributed by atoms with E-state index in [0.717, 1.165) is 55.6 Å². The summed E-state index contributed by atoms with van der Waals surface area (Å²) in [5.41, 5.74) is 3.34. The average Bonchev–Trinajstić information content (AvgIpc) is 3.71. The van der Waals surface area contributed by atoms with Gasteiger partial charge in [-0.1, -0.05) is 0 Å². The Morgan fingerprint density at radius 2 is 2.10 bits per heavy atom. The molecule has 0 saturated carbocycles. The molecule has 0 unspecified atom stereocenters. The number of nitrogens with one attached hydrogen (secondary N) is 2. The van der Waals surface area contributed by atoms with Crippen LogP contribution in [0.5, 0.6) is 17.2 Å². The second kappa shape index (κ2) is 10.5. The molecule has 2 aromatic carbocycles. The average molecular weight is 534 g/mol. The third-order valence-corrected chi connectivity index (χ3v) is 7.69. The van der Waals surface area contributed by atoms with E-state index in [0.29, 0.717) is 35.2 Å². The summed E-state index contributed by atoms with van der Waals surface area (Å²) in [5, 5.41) is 18.5. The highest BCUT2D eigenvalue weighted by Crippen LogP contribution is 2.50. The van der Waals surface area contributed by atoms with Crippen molar-refractivity contribution >= 4 is 11.8 Å². The van der Waals surface area contributed by atoms with Gasteiger partial charge in [-0.05, 0) is 79.1 Å². The molecular formula is C27H31N7O5. The standard InChI is InChI=1S/C27H31N7O5/c1-33-13-10-18-14-20-23(39-15-38-20)24(37-2)21(18)22(33)25-30-31-32-34(25)19-7-5-17(6-8-19)27(36)28-11-3-4-16-9-12-29-26(16)35/h5-8,14,16,22H,3-4,9-13,15H2,1-2H3,(H,28,36)(H,29,35)/t16-,22+/m1/s1. The first-order valence-corrected chi connectivity index (χ1v) is 13.2. The molecule has 4 heterocycles. The molecule has 0 bridgehead atoms. The lowest BCUT2D eigenvalue weighted by atomic mass is 9.90. The van der Waals surface area contributed by atoms with Gasteiger partial charge in [0, 0.05) is 36.7 Å². The van der Waals surface area contributed by atoms with Crippen LogP contribution in [0.3, 0.4) is 0 Å². The molecule has 204 valence electrons. The maximum absolute atomic E-state index is 12.7. The summed E-state index contributed by atoms with van der Waals surface area (Å²) in [6.07, 6.45) is 3.23. The summed E-state index contributed by atoms with van der Waals surface area (Å²) in [6.45, 7) is 2.23. The molecule has 1 aromatic heterocycles. The first-order valence-electron chi connectivity index (χ1n) is 13.2. The van der Waals surface area contributed by atoms with Gasteiger partial charge in [-0.2, -0.15) is 4.68 Å². The number of benzene rings is 2. The van der Waals surface area contributed by atoms with Gasteiger partial charge in [0.15, 0.2) is 17.3 Å². The minimum atomic E-state index is -0.280. The number of methoxy groups -OCH3 is 1. The Morgan fingerprint density at radius 1 is 1.26 bits per heavy atom. The van der Waals surface area contributed by atoms with Gasteiger partial charge in [0.05, 0.1) is 12.8 Å². The first kappa shape index (κ1) is 25.1. The number of carbonyl (C=O) groups is 2. The maximum atomic E-state index is 12.7. The molecule has 1 saturated heterocycles. The predicted octanol–water partition coefficient (Wildman–Crippen LogP) is 1.62. The van der Waals surface area contributed by atoms with E-state index >= 15 is 0 Å². The Bertz CT molecular complexity index is 1390. The van der Waals surface area contributed by atoms with E-state index < -0.39 is 0 Å². The molecule has 3 aliphatic heterocycles. The summed E-state index contributed by atoms with van der Waals surface area (Å²) in [5.74, 6) is 2.56. The molecule has 2 N–H and O–H groups in total. The zero-order valence-corrected chi connectivity index (χ0v) is 22.0. The number of ether oxygens (including phenoxy) is 3. The second-order valence-electron chi connectivity index (χ2n) is 10.0. The topological polar surface area (TPSA) is 133 Å². The van der Waals surface area contributed by atoms with Crippen molar-refractivity contribution in [2.75, 3.05) is 40.6 Å². The number of likely N-dealkylation sites (N-methyl/N-ethyl adjacent to an activating group) is 1. The Morgan fingerprint density at radius 3 is 2.87 bits per heavy atom. The minimum absolute atomic E-state index is 0.0589. The first-order chi connectivity index (χ1) is 19.0. The van der Waals surface area contributed by atoms with E-state index in [1.54, 1.807) is 23.9 Å². The predicted molar refractivity (Wildman–Crippen MR) is 139 cm³/mol. The van der Waals surface area contributed by atoms with Crippen molar-refractivity contribution in [2.45, 2.75) is 31.7 Å². The van der Waals surface area contributed by atoms with Crippen LogP contribution in [0, 0.1) is 5.92 Å². The SMILES string of the molecule is COc1c2c(cc3c1[C@@H](c1nnnn1-c1ccc(C(=O)NCCC[C@@H]4CCNC4=O)cc1)N(C)CC3)OCO2. The summed E-state index contributed by atoms with van der Waals surface area (Å²) in [4.78, 5) is 26.6. The quantitative estimate of drug-likeness (QED) is 0.415. The molecule has 12 nitrogen and oxygen atoms in total. The van der Waals surface area contributed by atoms with Crippen LogP contribution in [0.1, 0.15) is 52.6 Å². The van der Waals surface area contributed by atoms with E-state index in [1.165, 1.54) is 0 Å². The van der Waals surface area contributed by atoms with E-state index in [2.05, 4.69) is 31.1 Å². The van der Waals surface area contributed by atoms with Crippen LogP contribution in [-0.4, -0.2) is 77.5 Å². The molecule has 2 amide bonds. The maximum Gasteiger partial charge on any atom is 0.251 e. The lowest BCUT2D eigenvalue weighted by Gasteiger charge is -2.34. The van der Waals surface area contributed by atoms with Crippen LogP contribution in [0.15, 0.2) is 30.3 Å². The summed E-state index contributed by atoms with van der Waals surface area (Å²) in [7, 11) is 3.66. The third-order valence-electron chi connectivity index (χ3n) is 7.69. The number of hydrogen-bond acceptors (Lipinski definition) is 9. The summed E-state index contributed by atoms with van der Waals surface area (Å²) >= 11 is 0. The van der Waals surface area contributed by atoms with Crippen LogP contribution in [0.2, 0.25) is 0 Å². The molecule has 3 aliphatic rings. The second-order valence-corrected chi connectivity index (χ2v) is 10.0. The smallest absolute Gasteiger partial charge is 0.251 e. The number of hydrogen-bond donors (Lipinski definition) is 2. The molecule has 39 heavy (non-hydrogen) atoms. The van der Waals surface area contributed by atoms with Crippen LogP contribution >= 0.6 is 0 Å². The largest absolute Gasteiger partial charge is 0.492 e. The number of fused-ring (bicyclic) bond motifs is 2. The van der Waals surface area contributed by atoms with Crippen LogP contribution in [0.4, 0.5) is 0 Å². The Kier molecular flexibility index (Phi) is 6.77. The monoisotopic (exact) mass is 533 g/mol. The lowest BCUT2D eigenvalue weighted by Crippen LogP contribution is -2.35. The molecule has 0 spiro atoms. The minimum Gasteiger partial charge on any atom is -0.492 e. The highest BCUT2D eigenvalue weighted by atomic mass is 16.7. The van der Waals surface area contributed by atoms with E-state index in [1.807, 2.05) is 25.2 Å². The van der Waals surface area contributed by atoms with Crippen LogP contribution < -0.4 is 24.8 Å². The van der Waals surface area contributed by atoms with Gasteiger partial charge in [0.2, 0.25) is 18.4 Å². The fourth-order valence-electron chi connectivity index (χ4n) is 5.63. The molecule has 3 aromatic rings. The molecule has 6 rings (SSSR count). The van der Waals surface area contributed by atoms with Gasteiger partial charge in [-0.25, -0.2) is 0 Å². The molecule has 0 radical (unpaired) electrons. The van der Waals surface area contributed by atoms with Gasteiger partial charge in [-0.3, -0.25) is 14.5 Å². The van der Waals surface area contributed by atoms with Crippen molar-refractivity contribution < 1.29 is 23.8 Å². The van der Waals surface area contributed by atoms with Crippen molar-refractivity contribution in [2.24, 2.45) is 5.92 Å². The number of carbonyl (C=O) groups excluding carboxylic acids is 2. The zero-order chi connectivity index (χ0) is 26.9. The fourth-order valence-corrected chi connectivity index (χ4v) is 5.63. The highest BCUT2D eigenvalue weighted by molar-refractivity contribution is 5.94. The molecule has 0 aliphatic carbocycles. The van der Waals surface area contributed by atoms with Gasteiger partial charge < -0.3 is 24.8 Å². The van der Waals surface area contributed by atoms with Crippen molar-refractivity contribution in [1.29, 1.82) is 0 Å². The fraction of sp³-hybridized carbons (Fsp3) is 0.444. The van der Waals surface area contributed by atoms with Gasteiger partial charge in [0.1, 0.15) is 6.04 Å². The number of nitrogens with zero attached hydrogens (tertiary/aromatic N) is 5. The molecular weight excluding hydrogens is 502 g/mol. The van der Waals surface area contributed by atoms with Crippen LogP contribution in [-0.2, 0) is 11.2 Å². The van der Waals surface area contributed by atoms with Crippen LogP contribution in [0.25, 0.3) is 5.69 Å². The lowest BCUT2D eigenvalue weighted by molar-refractivity contribution is -0.122. The highest BCUT2D eigenvalue weighted by Gasteiger charge is 2.37. The van der Waals surface area contributed by atoms with Gasteiger partial charge in [0.25, 0.3) is 5.91 Å². The van der Waals surface area contributed by atoms with E-state index in [-0.39, 0.29) is 30.6 Å². The van der Waals surface area contributed by atoms with E-state index in [9.17, 15) is 9.59 Å². The summed E-state index contributed by atoms with van der Waals surface area (Å²) < 4.78 is 18.9. The zero-order valence-electron chi connectivity index (χ0n) is 22.0. The van der Waals surface area contributed by atoms with Crippen molar-refractivity contribution in [3.05, 3.63) is 52.8 Å². The Hall–Kier alpha value is -4.19.